The van der Waals surface area contributed by atoms with Crippen molar-refractivity contribution in [1.82, 2.24) is 5.06 Å². The van der Waals surface area contributed by atoms with E-state index in [0.29, 0.717) is 18.1 Å². The predicted octanol–water partition coefficient (Wildman–Crippen LogP) is 5.72. The molecule has 1 heterocycles. The van der Waals surface area contributed by atoms with Gasteiger partial charge in [-0.2, -0.15) is 5.06 Å². The van der Waals surface area contributed by atoms with Gasteiger partial charge in [-0.3, -0.25) is 0 Å². The van der Waals surface area contributed by atoms with Crippen molar-refractivity contribution in [3.8, 4) is 0 Å². The largest absolute Gasteiger partial charge is 0.430 e. The highest BCUT2D eigenvalue weighted by molar-refractivity contribution is 7.94. The van der Waals surface area contributed by atoms with Crippen LogP contribution in [0, 0.1) is 16.7 Å². The quantitative estimate of drug-likeness (QED) is 0.133. The molecule has 3 fully saturated rings. The minimum Gasteiger partial charge on any atom is -0.430 e. The summed E-state index contributed by atoms with van der Waals surface area (Å²) < 4.78 is 18.6. The molecule has 4 atom stereocenters. The van der Waals surface area contributed by atoms with E-state index in [1.807, 2.05) is 42.3 Å². The summed E-state index contributed by atoms with van der Waals surface area (Å²) in [5.74, 6) is -0.0731. The molecule has 2 bridgehead atoms. The van der Waals surface area contributed by atoms with Crippen LogP contribution >= 0.6 is 12.0 Å². The molecule has 184 valence electrons. The Kier molecular flexibility index (Phi) is 7.19. The second-order valence-electron chi connectivity index (χ2n) is 10.7. The van der Waals surface area contributed by atoms with E-state index >= 15 is 0 Å². The summed E-state index contributed by atoms with van der Waals surface area (Å²) in [4.78, 5) is 18.8. The van der Waals surface area contributed by atoms with Crippen molar-refractivity contribution in [2.45, 2.75) is 84.5 Å². The third kappa shape index (κ3) is 4.25. The SMILES string of the molecule is CCCN(CCC)OOSCC12CCC(CC13OC(=O)[C@@](C)(Cc1ccccc1)O3)C2(C)C. The highest BCUT2D eigenvalue weighted by atomic mass is 32.2. The maximum absolute atomic E-state index is 13.2. The smallest absolute Gasteiger partial charge is 0.341 e. The highest BCUT2D eigenvalue weighted by Crippen LogP contribution is 2.73. The van der Waals surface area contributed by atoms with Gasteiger partial charge in [0.15, 0.2) is 5.60 Å². The minimum atomic E-state index is -0.990. The molecule has 3 aliphatic rings. The van der Waals surface area contributed by atoms with Gasteiger partial charge in [-0.25, -0.2) is 4.79 Å². The molecule has 1 aliphatic heterocycles. The molecule has 6 nitrogen and oxygen atoms in total. The van der Waals surface area contributed by atoms with Crippen LogP contribution in [0.2, 0.25) is 0 Å². The summed E-state index contributed by atoms with van der Waals surface area (Å²) >= 11 is 1.31. The molecule has 0 aromatic heterocycles. The summed E-state index contributed by atoms with van der Waals surface area (Å²) in [7, 11) is 0. The Morgan fingerprint density at radius 3 is 2.45 bits per heavy atom. The molecule has 1 aromatic rings. The lowest BCUT2D eigenvalue weighted by Gasteiger charge is -2.46. The van der Waals surface area contributed by atoms with Gasteiger partial charge in [-0.05, 0) is 49.5 Å². The van der Waals surface area contributed by atoms with E-state index in [2.05, 4.69) is 27.7 Å². The number of hydrogen-bond acceptors (Lipinski definition) is 7. The number of ether oxygens (including phenoxy) is 2. The first-order valence-electron chi connectivity index (χ1n) is 12.4. The molecule has 2 aliphatic carbocycles. The van der Waals surface area contributed by atoms with Gasteiger partial charge in [0.05, 0.1) is 5.41 Å². The Hall–Kier alpha value is -1.12. The van der Waals surface area contributed by atoms with E-state index in [4.69, 9.17) is 18.8 Å². The van der Waals surface area contributed by atoms with Crippen LogP contribution in [0.4, 0.5) is 0 Å². The molecule has 1 aromatic carbocycles. The summed E-state index contributed by atoms with van der Waals surface area (Å²) in [6.07, 6.45) is 5.31. The van der Waals surface area contributed by atoms with Crippen LogP contribution in [-0.2, 0) is 30.0 Å². The zero-order chi connectivity index (χ0) is 23.7. The van der Waals surface area contributed by atoms with Crippen molar-refractivity contribution in [1.29, 1.82) is 0 Å². The second kappa shape index (κ2) is 9.50. The first kappa shape index (κ1) is 25.0. The van der Waals surface area contributed by atoms with E-state index in [0.717, 1.165) is 50.8 Å². The molecule has 3 unspecified atom stereocenters. The van der Waals surface area contributed by atoms with Crippen LogP contribution < -0.4 is 0 Å². The van der Waals surface area contributed by atoms with Crippen LogP contribution in [0.1, 0.15) is 72.3 Å². The number of fused-ring (bicyclic) bond motifs is 3. The Morgan fingerprint density at radius 2 is 1.82 bits per heavy atom. The minimum absolute atomic E-state index is 0.0336. The van der Waals surface area contributed by atoms with Crippen molar-refractivity contribution in [3.63, 3.8) is 0 Å². The number of nitrogens with zero attached hydrogens (tertiary/aromatic N) is 1. The van der Waals surface area contributed by atoms with Gasteiger partial charge in [0, 0.05) is 43.7 Å². The lowest BCUT2D eigenvalue weighted by Crippen LogP contribution is -2.53. The van der Waals surface area contributed by atoms with Gasteiger partial charge in [0.25, 0.3) is 0 Å². The summed E-state index contributed by atoms with van der Waals surface area (Å²) in [6, 6.07) is 10.0. The van der Waals surface area contributed by atoms with E-state index in [-0.39, 0.29) is 16.8 Å². The number of rotatable bonds is 11. The van der Waals surface area contributed by atoms with Crippen molar-refractivity contribution in [2.24, 2.45) is 16.7 Å². The Labute approximate surface area is 202 Å². The van der Waals surface area contributed by atoms with Crippen molar-refractivity contribution < 1.29 is 23.6 Å². The van der Waals surface area contributed by atoms with Crippen LogP contribution in [0.5, 0.6) is 0 Å². The van der Waals surface area contributed by atoms with Crippen LogP contribution in [-0.4, -0.2) is 41.3 Å². The zero-order valence-electron chi connectivity index (χ0n) is 20.7. The third-order valence-corrected chi connectivity index (χ3v) is 9.08. The van der Waals surface area contributed by atoms with E-state index in [9.17, 15) is 4.79 Å². The molecule has 0 N–H and O–H groups in total. The Morgan fingerprint density at radius 1 is 1.12 bits per heavy atom. The molecular weight excluding hydrogens is 438 g/mol. The van der Waals surface area contributed by atoms with Crippen LogP contribution in [0.15, 0.2) is 30.3 Å². The molecule has 33 heavy (non-hydrogen) atoms. The van der Waals surface area contributed by atoms with Crippen LogP contribution in [0.3, 0.4) is 0 Å². The van der Waals surface area contributed by atoms with Gasteiger partial charge in [-0.1, -0.05) is 58.0 Å². The summed E-state index contributed by atoms with van der Waals surface area (Å²) in [5, 5.41) is 1.86. The lowest BCUT2D eigenvalue weighted by molar-refractivity contribution is -0.360. The zero-order valence-corrected chi connectivity index (χ0v) is 21.5. The molecule has 7 heteroatoms. The Bertz CT molecular complexity index is 829. The molecule has 1 spiro atoms. The molecule has 4 rings (SSSR count). The fourth-order valence-electron chi connectivity index (χ4n) is 6.35. The number of benzene rings is 1. The molecule has 0 amide bonds. The fraction of sp³-hybridized carbons (Fsp3) is 0.731. The summed E-state index contributed by atoms with van der Waals surface area (Å²) in [6.45, 7) is 12.4. The van der Waals surface area contributed by atoms with Crippen LogP contribution in [0.25, 0.3) is 0 Å². The highest BCUT2D eigenvalue weighted by Gasteiger charge is 2.78. The molecule has 0 radical (unpaired) electrons. The van der Waals surface area contributed by atoms with E-state index < -0.39 is 11.4 Å². The van der Waals surface area contributed by atoms with Crippen molar-refractivity contribution >= 4 is 18.0 Å². The first-order valence-corrected chi connectivity index (χ1v) is 13.3. The van der Waals surface area contributed by atoms with Gasteiger partial charge in [0.1, 0.15) is 0 Å². The average molecular weight is 478 g/mol. The number of hydrogen-bond donors (Lipinski definition) is 0. The maximum atomic E-state index is 13.2. The number of carbonyl (C=O) groups is 1. The monoisotopic (exact) mass is 477 g/mol. The van der Waals surface area contributed by atoms with Gasteiger partial charge in [-0.15, -0.1) is 9.32 Å². The van der Waals surface area contributed by atoms with Gasteiger partial charge in [0.2, 0.25) is 5.79 Å². The molecule has 2 saturated carbocycles. The van der Waals surface area contributed by atoms with Gasteiger partial charge >= 0.3 is 5.97 Å². The van der Waals surface area contributed by atoms with Crippen molar-refractivity contribution in [3.05, 3.63) is 35.9 Å². The van der Waals surface area contributed by atoms with E-state index in [1.165, 1.54) is 12.0 Å². The second-order valence-corrected chi connectivity index (χ2v) is 11.4. The lowest BCUT2D eigenvalue weighted by atomic mass is 9.68. The predicted molar refractivity (Wildman–Crippen MR) is 129 cm³/mol. The fourth-order valence-corrected chi connectivity index (χ4v) is 7.47. The summed E-state index contributed by atoms with van der Waals surface area (Å²) in [5.41, 5.74) is -0.281. The van der Waals surface area contributed by atoms with Crippen molar-refractivity contribution in [2.75, 3.05) is 18.8 Å². The standard InChI is InChI=1S/C26H39NO5S/c1-6-15-27(16-7-2)31-32-33-19-25-14-13-21(23(25,3)4)18-26(25)29-22(28)24(5,30-26)17-20-11-9-8-10-12-20/h8-12,21H,6-7,13-19H2,1-5H3/t21?,24-,25?,26?/m1/s1. The van der Waals surface area contributed by atoms with Gasteiger partial charge < -0.3 is 9.47 Å². The number of esters is 1. The first-order chi connectivity index (χ1) is 15.7. The molecule has 1 saturated heterocycles. The number of carbonyl (C=O) groups excluding carboxylic acids is 1. The topological polar surface area (TPSA) is 57.2 Å². The maximum Gasteiger partial charge on any atom is 0.341 e. The molecular formula is C26H39NO5S. The Balaban J connectivity index is 1.50. The third-order valence-electron chi connectivity index (χ3n) is 8.32. The average Bonchev–Trinajstić information content (AvgIpc) is 3.23. The normalized spacial score (nSPS) is 34.5. The number of hydroxylamine groups is 2. The van der Waals surface area contributed by atoms with E-state index in [1.54, 1.807) is 0 Å².